The number of carbonyl (C=O) groups excluding carboxylic acids is 3. The fraction of sp³-hybridized carbons (Fsp3) is 0.559. The molecule has 2 aromatic rings. The van der Waals surface area contributed by atoms with Gasteiger partial charge in [-0.1, -0.05) is 24.6 Å². The molecule has 2 aromatic carbocycles. The second-order valence-electron chi connectivity index (χ2n) is 12.3. The molecule has 10 heteroatoms. The third kappa shape index (κ3) is 5.43. The van der Waals surface area contributed by atoms with Gasteiger partial charge in [0.1, 0.15) is 6.17 Å². The van der Waals surface area contributed by atoms with Gasteiger partial charge in [0.15, 0.2) is 11.5 Å². The van der Waals surface area contributed by atoms with E-state index in [2.05, 4.69) is 4.90 Å². The fourth-order valence-electron chi connectivity index (χ4n) is 7.80. The van der Waals surface area contributed by atoms with Crippen LogP contribution in [0, 0.1) is 5.92 Å². The van der Waals surface area contributed by atoms with Crippen molar-refractivity contribution in [2.24, 2.45) is 5.92 Å². The number of hydrogen-bond donors (Lipinski definition) is 0. The number of rotatable bonds is 11. The molecule has 3 atom stereocenters. The highest BCUT2D eigenvalue weighted by Gasteiger charge is 2.49. The molecule has 0 spiro atoms. The number of nitrogens with zero attached hydrogens (tertiary/aromatic N) is 4. The van der Waals surface area contributed by atoms with Gasteiger partial charge in [-0.15, -0.1) is 0 Å². The molecule has 4 aliphatic rings. The van der Waals surface area contributed by atoms with Gasteiger partial charge in [-0.3, -0.25) is 19.3 Å². The van der Waals surface area contributed by atoms with Gasteiger partial charge in [-0.25, -0.2) is 0 Å². The normalized spacial score (nSPS) is 22.7. The lowest BCUT2D eigenvalue weighted by atomic mass is 9.83. The van der Waals surface area contributed by atoms with Crippen LogP contribution in [0.25, 0.3) is 0 Å². The molecule has 0 saturated carbocycles. The van der Waals surface area contributed by atoms with Crippen LogP contribution in [-0.4, -0.2) is 99.1 Å². The number of hydrogen-bond acceptors (Lipinski definition) is 7. The van der Waals surface area contributed by atoms with Crippen molar-refractivity contribution in [2.45, 2.75) is 57.2 Å². The molecule has 4 heterocycles. The number of methoxy groups -OCH3 is 3. The number of amides is 3. The minimum atomic E-state index is -0.626. The van der Waals surface area contributed by atoms with E-state index in [1.165, 1.54) is 53.0 Å². The number of benzene rings is 2. The third-order valence-corrected chi connectivity index (χ3v) is 9.87. The highest BCUT2D eigenvalue weighted by atomic mass is 16.5. The lowest BCUT2D eigenvalue weighted by Gasteiger charge is -2.45. The maximum Gasteiger partial charge on any atom is 0.264 e. The van der Waals surface area contributed by atoms with Crippen molar-refractivity contribution < 1.29 is 28.6 Å². The van der Waals surface area contributed by atoms with E-state index in [0.29, 0.717) is 78.4 Å². The summed E-state index contributed by atoms with van der Waals surface area (Å²) in [6.07, 6.45) is 6.25. The number of ether oxygens (including phenoxy) is 3. The molecule has 236 valence electrons. The van der Waals surface area contributed by atoms with Crippen LogP contribution in [0.3, 0.4) is 0 Å². The smallest absolute Gasteiger partial charge is 0.264 e. The minimum Gasteiger partial charge on any atom is -0.493 e. The predicted molar refractivity (Wildman–Crippen MR) is 166 cm³/mol. The zero-order valence-corrected chi connectivity index (χ0v) is 26.1. The van der Waals surface area contributed by atoms with Gasteiger partial charge in [0.05, 0.1) is 37.6 Å². The van der Waals surface area contributed by atoms with Crippen molar-refractivity contribution in [1.82, 2.24) is 14.7 Å². The average molecular weight is 605 g/mol. The summed E-state index contributed by atoms with van der Waals surface area (Å²) < 4.78 is 16.5. The van der Waals surface area contributed by atoms with E-state index >= 15 is 0 Å². The molecule has 3 amide bonds. The van der Waals surface area contributed by atoms with Crippen LogP contribution in [0.15, 0.2) is 36.4 Å². The Labute approximate surface area is 259 Å². The molecule has 0 aromatic heterocycles. The molecule has 4 aliphatic heterocycles. The molecule has 0 aliphatic carbocycles. The number of piperidine rings is 2. The highest BCUT2D eigenvalue weighted by molar-refractivity contribution is 6.18. The van der Waals surface area contributed by atoms with Gasteiger partial charge in [-0.05, 0) is 69.3 Å². The third-order valence-electron chi connectivity index (χ3n) is 9.87. The first-order valence-electron chi connectivity index (χ1n) is 16.0. The Morgan fingerprint density at radius 2 is 1.77 bits per heavy atom. The fourth-order valence-corrected chi connectivity index (χ4v) is 7.80. The molecule has 10 nitrogen and oxygen atoms in total. The molecule has 6 rings (SSSR count). The van der Waals surface area contributed by atoms with Gasteiger partial charge in [0.25, 0.3) is 11.8 Å². The zero-order chi connectivity index (χ0) is 30.8. The van der Waals surface area contributed by atoms with E-state index in [1.54, 1.807) is 35.1 Å². The molecule has 0 N–H and O–H groups in total. The van der Waals surface area contributed by atoms with Gasteiger partial charge in [0, 0.05) is 44.8 Å². The monoisotopic (exact) mass is 604 g/mol. The Kier molecular flexibility index (Phi) is 9.09. The lowest BCUT2D eigenvalue weighted by Crippen LogP contribution is -2.52. The molecule has 2 saturated heterocycles. The van der Waals surface area contributed by atoms with Crippen LogP contribution in [0.4, 0.5) is 5.69 Å². The maximum absolute atomic E-state index is 13.9. The van der Waals surface area contributed by atoms with Crippen LogP contribution in [0.5, 0.6) is 11.5 Å². The van der Waals surface area contributed by atoms with Crippen LogP contribution >= 0.6 is 0 Å². The van der Waals surface area contributed by atoms with Crippen LogP contribution in [0.2, 0.25) is 0 Å². The first-order chi connectivity index (χ1) is 21.5. The molecular formula is C34H44N4O6. The molecule has 1 unspecified atom stereocenters. The number of anilines is 1. The Morgan fingerprint density at radius 1 is 0.955 bits per heavy atom. The first-order valence-corrected chi connectivity index (χ1v) is 16.0. The summed E-state index contributed by atoms with van der Waals surface area (Å²) in [5.41, 5.74) is 2.14. The molecular weight excluding hydrogens is 560 g/mol. The molecule has 0 radical (unpaired) electrons. The highest BCUT2D eigenvalue weighted by Crippen LogP contribution is 2.49. The SMILES string of the molecule is COCCN(C[C@@H]1CCCN2CCCC[C@H]12)C(=O)CCCN1C(=O)c2ccccc2N2C(=O)c3c(ccc(OC)c3OC)C12. The Hall–Kier alpha value is -3.63. The van der Waals surface area contributed by atoms with Gasteiger partial charge >= 0.3 is 0 Å². The van der Waals surface area contributed by atoms with Gasteiger partial charge < -0.3 is 28.9 Å². The Bertz CT molecular complexity index is 1400. The second kappa shape index (κ2) is 13.2. The largest absolute Gasteiger partial charge is 0.493 e. The summed E-state index contributed by atoms with van der Waals surface area (Å²) in [5, 5.41) is 0. The summed E-state index contributed by atoms with van der Waals surface area (Å²) in [4.78, 5) is 49.6. The van der Waals surface area contributed by atoms with E-state index in [1.807, 2.05) is 23.1 Å². The van der Waals surface area contributed by atoms with E-state index in [9.17, 15) is 14.4 Å². The van der Waals surface area contributed by atoms with Crippen molar-refractivity contribution >= 4 is 23.4 Å². The number of para-hydroxylation sites is 1. The molecule has 0 bridgehead atoms. The zero-order valence-electron chi connectivity index (χ0n) is 26.1. The lowest BCUT2D eigenvalue weighted by molar-refractivity contribution is -0.133. The van der Waals surface area contributed by atoms with Crippen molar-refractivity contribution in [3.8, 4) is 11.5 Å². The maximum atomic E-state index is 13.9. The van der Waals surface area contributed by atoms with Crippen molar-refractivity contribution in [1.29, 1.82) is 0 Å². The van der Waals surface area contributed by atoms with E-state index in [4.69, 9.17) is 14.2 Å². The average Bonchev–Trinajstić information content (AvgIpc) is 3.36. The summed E-state index contributed by atoms with van der Waals surface area (Å²) in [6.45, 7) is 4.48. The van der Waals surface area contributed by atoms with Crippen LogP contribution < -0.4 is 14.4 Å². The predicted octanol–water partition coefficient (Wildman–Crippen LogP) is 4.34. The summed E-state index contributed by atoms with van der Waals surface area (Å²) in [6, 6.07) is 11.4. The van der Waals surface area contributed by atoms with Gasteiger partial charge in [0.2, 0.25) is 5.91 Å². The van der Waals surface area contributed by atoms with Crippen LogP contribution in [-0.2, 0) is 9.53 Å². The topological polar surface area (TPSA) is 91.9 Å². The van der Waals surface area contributed by atoms with Crippen LogP contribution in [0.1, 0.15) is 77.4 Å². The first kappa shape index (κ1) is 30.4. The van der Waals surface area contributed by atoms with Crippen molar-refractivity contribution in [3.63, 3.8) is 0 Å². The van der Waals surface area contributed by atoms with E-state index in [-0.39, 0.29) is 17.7 Å². The molecule has 2 fully saturated rings. The minimum absolute atomic E-state index is 0.0889. The van der Waals surface area contributed by atoms with Crippen molar-refractivity contribution in [2.75, 3.05) is 65.6 Å². The summed E-state index contributed by atoms with van der Waals surface area (Å²) in [7, 11) is 4.72. The summed E-state index contributed by atoms with van der Waals surface area (Å²) in [5.74, 6) is 0.994. The van der Waals surface area contributed by atoms with Crippen molar-refractivity contribution in [3.05, 3.63) is 53.1 Å². The second-order valence-corrected chi connectivity index (χ2v) is 12.3. The van der Waals surface area contributed by atoms with E-state index < -0.39 is 6.17 Å². The standard InChI is InChI=1S/C34H44N4O6/c1-42-21-20-36(22-23-10-8-18-35-17-7-6-12-26(23)35)29(39)14-9-19-37-32-25-15-16-28(43-2)31(44-3)30(25)34(41)38(32)27-13-5-4-11-24(27)33(37)40/h4-5,11,13,15-16,23,26,32H,6-10,12,14,17-22H2,1-3H3/t23-,26+,32?/m0/s1. The Balaban J connectivity index is 1.21. The summed E-state index contributed by atoms with van der Waals surface area (Å²) >= 11 is 0. The quantitative estimate of drug-likeness (QED) is 0.377. The molecule has 44 heavy (non-hydrogen) atoms. The van der Waals surface area contributed by atoms with Gasteiger partial charge in [-0.2, -0.15) is 0 Å². The number of fused-ring (bicyclic) bond motifs is 6. The van der Waals surface area contributed by atoms with E-state index in [0.717, 1.165) is 13.0 Å². The number of carbonyl (C=O) groups is 3. The Morgan fingerprint density at radius 3 is 2.57 bits per heavy atom.